The molecule has 1 aliphatic rings. The Hall–Kier alpha value is -2.31. The van der Waals surface area contributed by atoms with Crippen LogP contribution in [0.4, 0.5) is 5.69 Å². The lowest BCUT2D eigenvalue weighted by Crippen LogP contribution is -2.47. The molecule has 0 unspecified atom stereocenters. The van der Waals surface area contributed by atoms with E-state index in [-0.39, 0.29) is 10.8 Å². The van der Waals surface area contributed by atoms with Gasteiger partial charge in [0.1, 0.15) is 0 Å². The summed E-state index contributed by atoms with van der Waals surface area (Å²) < 4.78 is 51.3. The molecule has 34 heavy (non-hydrogen) atoms. The molecular formula is C23H32N4O5S2. The fourth-order valence-corrected chi connectivity index (χ4v) is 6.15. The fraction of sp³-hybridized carbons (Fsp3) is 0.435. The maximum Gasteiger partial charge on any atom is 0.255 e. The smallest absolute Gasteiger partial charge is 0.255 e. The van der Waals surface area contributed by atoms with Gasteiger partial charge in [0.2, 0.25) is 20.0 Å². The summed E-state index contributed by atoms with van der Waals surface area (Å²) >= 11 is 0. The van der Waals surface area contributed by atoms with Gasteiger partial charge in [0.25, 0.3) is 5.91 Å². The lowest BCUT2D eigenvalue weighted by atomic mass is 10.1. The van der Waals surface area contributed by atoms with Crippen LogP contribution in [0.15, 0.2) is 53.4 Å². The Morgan fingerprint density at radius 3 is 1.94 bits per heavy atom. The first-order valence-corrected chi connectivity index (χ1v) is 14.5. The maximum atomic E-state index is 12.6. The molecule has 0 atom stereocenters. The van der Waals surface area contributed by atoms with Crippen molar-refractivity contribution in [3.63, 3.8) is 0 Å². The highest BCUT2D eigenvalue weighted by atomic mass is 32.2. The molecule has 1 N–H and O–H groups in total. The number of piperazine rings is 1. The molecule has 0 spiro atoms. The summed E-state index contributed by atoms with van der Waals surface area (Å²) in [5, 5.41) is 2.79. The molecule has 2 aromatic rings. The molecule has 1 saturated heterocycles. The molecule has 1 amide bonds. The zero-order valence-corrected chi connectivity index (χ0v) is 21.4. The topological polar surface area (TPSA) is 107 Å². The van der Waals surface area contributed by atoms with Crippen molar-refractivity contribution in [1.29, 1.82) is 0 Å². The highest BCUT2D eigenvalue weighted by Gasteiger charge is 2.23. The average molecular weight is 509 g/mol. The third kappa shape index (κ3) is 6.42. The second-order valence-corrected chi connectivity index (χ2v) is 12.1. The molecular weight excluding hydrogens is 476 g/mol. The first kappa shape index (κ1) is 26.3. The van der Waals surface area contributed by atoms with Gasteiger partial charge in [-0.1, -0.05) is 26.0 Å². The SMILES string of the molecule is CCN(CC)S(=O)(=O)c1ccc(NC(=O)c2ccc(CN3CCN(S(C)(=O)=O)CC3)cc2)cc1. The summed E-state index contributed by atoms with van der Waals surface area (Å²) in [4.78, 5) is 15.0. The zero-order chi connectivity index (χ0) is 24.9. The van der Waals surface area contributed by atoms with Crippen LogP contribution in [0.1, 0.15) is 29.8 Å². The average Bonchev–Trinajstić information content (AvgIpc) is 2.80. The number of nitrogens with zero attached hydrogens (tertiary/aromatic N) is 3. The van der Waals surface area contributed by atoms with Crippen molar-refractivity contribution in [3.8, 4) is 0 Å². The minimum atomic E-state index is -3.54. The van der Waals surface area contributed by atoms with Crippen molar-refractivity contribution < 1.29 is 21.6 Å². The number of amides is 1. The number of hydrogen-bond donors (Lipinski definition) is 1. The van der Waals surface area contributed by atoms with Gasteiger partial charge in [0.05, 0.1) is 11.2 Å². The maximum absolute atomic E-state index is 12.6. The van der Waals surface area contributed by atoms with Crippen LogP contribution in [0, 0.1) is 0 Å². The molecule has 1 heterocycles. The predicted molar refractivity (Wildman–Crippen MR) is 133 cm³/mol. The van der Waals surface area contributed by atoms with Crippen molar-refractivity contribution in [3.05, 3.63) is 59.7 Å². The summed E-state index contributed by atoms with van der Waals surface area (Å²) in [6.07, 6.45) is 1.23. The van der Waals surface area contributed by atoms with Crippen LogP contribution >= 0.6 is 0 Å². The first-order valence-electron chi connectivity index (χ1n) is 11.2. The van der Waals surface area contributed by atoms with Crippen molar-refractivity contribution in [2.24, 2.45) is 0 Å². The van der Waals surface area contributed by atoms with Gasteiger partial charge in [-0.15, -0.1) is 0 Å². The van der Waals surface area contributed by atoms with E-state index >= 15 is 0 Å². The van der Waals surface area contributed by atoms with Crippen LogP contribution in [0.25, 0.3) is 0 Å². The minimum absolute atomic E-state index is 0.191. The van der Waals surface area contributed by atoms with Gasteiger partial charge in [-0.3, -0.25) is 9.69 Å². The summed E-state index contributed by atoms with van der Waals surface area (Å²) in [7, 11) is -6.69. The third-order valence-corrected chi connectivity index (χ3v) is 9.25. The van der Waals surface area contributed by atoms with Gasteiger partial charge in [-0.05, 0) is 42.0 Å². The molecule has 1 aliphatic heterocycles. The molecule has 0 bridgehead atoms. The van der Waals surface area contributed by atoms with Gasteiger partial charge >= 0.3 is 0 Å². The van der Waals surface area contributed by atoms with Crippen LogP contribution in [0.2, 0.25) is 0 Å². The molecule has 1 fully saturated rings. The Morgan fingerprint density at radius 2 is 1.44 bits per heavy atom. The largest absolute Gasteiger partial charge is 0.322 e. The normalized spacial score (nSPS) is 16.0. The first-order chi connectivity index (χ1) is 16.0. The van der Waals surface area contributed by atoms with Crippen LogP contribution in [0.5, 0.6) is 0 Å². The van der Waals surface area contributed by atoms with Crippen LogP contribution in [-0.4, -0.2) is 81.8 Å². The van der Waals surface area contributed by atoms with Crippen molar-refractivity contribution in [2.45, 2.75) is 25.3 Å². The van der Waals surface area contributed by atoms with Crippen molar-refractivity contribution >= 4 is 31.6 Å². The van der Waals surface area contributed by atoms with Crippen molar-refractivity contribution in [2.75, 3.05) is 50.8 Å². The number of carbonyl (C=O) groups is 1. The number of carbonyl (C=O) groups excluding carboxylic acids is 1. The number of hydrogen-bond acceptors (Lipinski definition) is 6. The number of sulfonamides is 2. The van der Waals surface area contributed by atoms with Crippen LogP contribution in [0.3, 0.4) is 0 Å². The second-order valence-electron chi connectivity index (χ2n) is 8.20. The molecule has 0 radical (unpaired) electrons. The molecule has 0 aromatic heterocycles. The number of benzene rings is 2. The molecule has 0 aliphatic carbocycles. The van der Waals surface area contributed by atoms with E-state index in [1.807, 2.05) is 12.1 Å². The molecule has 9 nitrogen and oxygen atoms in total. The van der Waals surface area contributed by atoms with E-state index < -0.39 is 20.0 Å². The van der Waals surface area contributed by atoms with E-state index in [1.54, 1.807) is 38.1 Å². The summed E-state index contributed by atoms with van der Waals surface area (Å²) in [5.41, 5.74) is 2.04. The summed E-state index contributed by atoms with van der Waals surface area (Å²) in [5.74, 6) is -0.285. The number of nitrogens with one attached hydrogen (secondary N) is 1. The Kier molecular flexibility index (Phi) is 8.47. The minimum Gasteiger partial charge on any atom is -0.322 e. The molecule has 0 saturated carbocycles. The van der Waals surface area contributed by atoms with Crippen LogP contribution < -0.4 is 5.32 Å². The van der Waals surface area contributed by atoms with Crippen LogP contribution in [-0.2, 0) is 26.6 Å². The van der Waals surface area contributed by atoms with Gasteiger partial charge in [-0.2, -0.15) is 8.61 Å². The second kappa shape index (κ2) is 11.0. The van der Waals surface area contributed by atoms with E-state index in [4.69, 9.17) is 0 Å². The number of anilines is 1. The Balaban J connectivity index is 1.57. The Bertz CT molecular complexity index is 1180. The van der Waals surface area contributed by atoms with Gasteiger partial charge in [-0.25, -0.2) is 16.8 Å². The van der Waals surface area contributed by atoms with E-state index in [1.165, 1.54) is 27.0 Å². The number of rotatable bonds is 9. The third-order valence-electron chi connectivity index (χ3n) is 5.88. The summed E-state index contributed by atoms with van der Waals surface area (Å²) in [6, 6.07) is 13.4. The molecule has 11 heteroatoms. The quantitative estimate of drug-likeness (QED) is 0.556. The standard InChI is InChI=1S/C23H32N4O5S2/c1-4-26(5-2)34(31,32)22-12-10-21(11-13-22)24-23(28)20-8-6-19(7-9-20)18-25-14-16-27(17-15-25)33(3,29)30/h6-13H,4-5,14-18H2,1-3H3,(H,24,28). The Morgan fingerprint density at radius 1 is 0.882 bits per heavy atom. The van der Waals surface area contributed by atoms with Crippen molar-refractivity contribution in [1.82, 2.24) is 13.5 Å². The zero-order valence-electron chi connectivity index (χ0n) is 19.8. The van der Waals surface area contributed by atoms with E-state index in [9.17, 15) is 21.6 Å². The van der Waals surface area contributed by atoms with Gasteiger partial charge in [0.15, 0.2) is 0 Å². The predicted octanol–water partition coefficient (Wildman–Crippen LogP) is 2.05. The fourth-order valence-electron chi connectivity index (χ4n) is 3.87. The molecule has 2 aromatic carbocycles. The van der Waals surface area contributed by atoms with E-state index in [0.29, 0.717) is 57.1 Å². The van der Waals surface area contributed by atoms with Gasteiger partial charge < -0.3 is 5.32 Å². The molecule has 186 valence electrons. The lowest BCUT2D eigenvalue weighted by molar-refractivity contribution is 0.102. The van der Waals surface area contributed by atoms with E-state index in [2.05, 4.69) is 10.2 Å². The highest BCUT2D eigenvalue weighted by Crippen LogP contribution is 2.19. The van der Waals surface area contributed by atoms with E-state index in [0.717, 1.165) is 5.56 Å². The monoisotopic (exact) mass is 508 g/mol. The lowest BCUT2D eigenvalue weighted by Gasteiger charge is -2.33. The molecule has 3 rings (SSSR count). The van der Waals surface area contributed by atoms with Gasteiger partial charge in [0, 0.05) is 57.1 Å². The highest BCUT2D eigenvalue weighted by molar-refractivity contribution is 7.89. The summed E-state index contributed by atoms with van der Waals surface area (Å²) in [6.45, 7) is 7.34. The Labute approximate surface area is 202 Å².